The van der Waals surface area contributed by atoms with E-state index in [-0.39, 0.29) is 6.61 Å². The number of anilines is 2. The molecule has 0 unspecified atom stereocenters. The van der Waals surface area contributed by atoms with Gasteiger partial charge in [-0.3, -0.25) is 0 Å². The lowest BCUT2D eigenvalue weighted by atomic mass is 10.5. The number of nitrogens with two attached hydrogens (primary N) is 1. The number of nitrogen functional groups attached to an aromatic ring is 1. The van der Waals surface area contributed by atoms with Crippen LogP contribution in [0.25, 0.3) is 0 Å². The van der Waals surface area contributed by atoms with Gasteiger partial charge in [0, 0.05) is 12.6 Å². The van der Waals surface area contributed by atoms with E-state index in [4.69, 9.17) is 10.6 Å². The molecule has 0 amide bonds. The van der Waals surface area contributed by atoms with Gasteiger partial charge >= 0.3 is 0 Å². The molecule has 0 aliphatic heterocycles. The van der Waals surface area contributed by atoms with Crippen LogP contribution in [0.2, 0.25) is 0 Å². The summed E-state index contributed by atoms with van der Waals surface area (Å²) in [5, 5.41) is 3.49. The maximum Gasteiger partial charge on any atom is 0.261 e. The van der Waals surface area contributed by atoms with Gasteiger partial charge in [0.05, 0.1) is 6.61 Å². The first-order chi connectivity index (χ1) is 8.65. The molecule has 9 heteroatoms. The Kier molecular flexibility index (Phi) is 6.61. The summed E-state index contributed by atoms with van der Waals surface area (Å²) < 4.78 is 28.3. The zero-order valence-corrected chi connectivity index (χ0v) is 10.6. The number of ether oxygens (including phenoxy) is 1. The highest BCUT2D eigenvalue weighted by molar-refractivity contribution is 7.98. The summed E-state index contributed by atoms with van der Waals surface area (Å²) in [5.74, 6) is 6.30. The third-order valence-electron chi connectivity index (χ3n) is 1.83. The van der Waals surface area contributed by atoms with Gasteiger partial charge in [-0.15, -0.1) is 0 Å². The highest BCUT2D eigenvalue weighted by Crippen LogP contribution is 2.16. The minimum atomic E-state index is -2.44. The molecule has 0 saturated heterocycles. The van der Waals surface area contributed by atoms with Gasteiger partial charge in [-0.2, -0.15) is 0 Å². The first-order valence-electron chi connectivity index (χ1n) is 5.15. The fourth-order valence-electron chi connectivity index (χ4n) is 1.10. The Balaban J connectivity index is 2.41. The van der Waals surface area contributed by atoms with Crippen LogP contribution in [-0.4, -0.2) is 42.4 Å². The molecule has 102 valence electrons. The van der Waals surface area contributed by atoms with E-state index in [1.807, 2.05) is 6.26 Å². The molecule has 0 spiro atoms. The van der Waals surface area contributed by atoms with E-state index in [1.54, 1.807) is 6.07 Å². The molecule has 4 N–H and O–H groups in total. The van der Waals surface area contributed by atoms with Crippen LogP contribution >= 0.6 is 11.8 Å². The van der Waals surface area contributed by atoms with Crippen LogP contribution in [0.1, 0.15) is 0 Å². The average molecular weight is 279 g/mol. The largest absolute Gasteiger partial charge is 0.374 e. The zero-order valence-electron chi connectivity index (χ0n) is 9.82. The van der Waals surface area contributed by atoms with E-state index >= 15 is 0 Å². The summed E-state index contributed by atoms with van der Waals surface area (Å²) >= 11 is 1.37. The molecule has 0 atom stereocenters. The lowest BCUT2D eigenvalue weighted by Gasteiger charge is -2.09. The van der Waals surface area contributed by atoms with Crippen LogP contribution in [0.15, 0.2) is 11.2 Å². The van der Waals surface area contributed by atoms with E-state index < -0.39 is 13.0 Å². The van der Waals surface area contributed by atoms with Crippen molar-refractivity contribution in [1.29, 1.82) is 0 Å². The van der Waals surface area contributed by atoms with Crippen molar-refractivity contribution in [3.05, 3.63) is 6.07 Å². The van der Waals surface area contributed by atoms with E-state index in [9.17, 15) is 8.78 Å². The molecule has 0 aromatic carbocycles. The summed E-state index contributed by atoms with van der Waals surface area (Å²) in [6.07, 6.45) is -0.606. The molecule has 0 aliphatic rings. The second-order valence-corrected chi connectivity index (χ2v) is 3.94. The average Bonchev–Trinajstić information content (AvgIpc) is 2.37. The second-order valence-electron chi connectivity index (χ2n) is 3.16. The Morgan fingerprint density at radius 3 is 2.78 bits per heavy atom. The lowest BCUT2D eigenvalue weighted by Crippen LogP contribution is -2.15. The van der Waals surface area contributed by atoms with Crippen molar-refractivity contribution in [3.8, 4) is 0 Å². The monoisotopic (exact) mass is 279 g/mol. The Hall–Kier alpha value is -1.19. The third-order valence-corrected chi connectivity index (χ3v) is 2.38. The van der Waals surface area contributed by atoms with Crippen LogP contribution in [0.3, 0.4) is 0 Å². The van der Waals surface area contributed by atoms with Crippen LogP contribution in [0, 0.1) is 0 Å². The van der Waals surface area contributed by atoms with Gasteiger partial charge in [-0.1, -0.05) is 11.8 Å². The highest BCUT2D eigenvalue weighted by atomic mass is 32.2. The smallest absolute Gasteiger partial charge is 0.261 e. The molecule has 18 heavy (non-hydrogen) atoms. The van der Waals surface area contributed by atoms with Crippen molar-refractivity contribution in [1.82, 2.24) is 9.97 Å². The van der Waals surface area contributed by atoms with E-state index in [1.165, 1.54) is 11.8 Å². The SMILES string of the molecule is CSc1nc(NN)cc(NCCOCC(F)F)n1. The van der Waals surface area contributed by atoms with Crippen molar-refractivity contribution in [2.45, 2.75) is 11.6 Å². The molecule has 1 rings (SSSR count). The van der Waals surface area contributed by atoms with Crippen LogP contribution in [0.5, 0.6) is 0 Å². The number of hydrogen-bond acceptors (Lipinski definition) is 7. The number of alkyl halides is 2. The maximum atomic E-state index is 11.8. The number of thioether (sulfide) groups is 1. The van der Waals surface area contributed by atoms with E-state index in [2.05, 4.69) is 20.7 Å². The Bertz CT molecular complexity index is 347. The first kappa shape index (κ1) is 14.9. The molecule has 1 aromatic rings. The van der Waals surface area contributed by atoms with Crippen molar-refractivity contribution in [2.24, 2.45) is 5.84 Å². The van der Waals surface area contributed by atoms with Crippen molar-refractivity contribution in [2.75, 3.05) is 36.8 Å². The van der Waals surface area contributed by atoms with Gasteiger partial charge in [0.25, 0.3) is 6.43 Å². The Labute approximate surface area is 108 Å². The van der Waals surface area contributed by atoms with E-state index in [0.29, 0.717) is 23.3 Å². The second kappa shape index (κ2) is 8.01. The normalized spacial score (nSPS) is 10.7. The summed E-state index contributed by atoms with van der Waals surface area (Å²) in [7, 11) is 0. The highest BCUT2D eigenvalue weighted by Gasteiger charge is 2.04. The Morgan fingerprint density at radius 2 is 2.17 bits per heavy atom. The molecule has 0 bridgehead atoms. The summed E-state index contributed by atoms with van der Waals surface area (Å²) in [6.45, 7) is -0.00693. The fraction of sp³-hybridized carbons (Fsp3) is 0.556. The molecule has 1 heterocycles. The number of rotatable bonds is 8. The first-order valence-corrected chi connectivity index (χ1v) is 6.37. The molecule has 0 aliphatic carbocycles. The summed E-state index contributed by atoms with van der Waals surface area (Å²) in [4.78, 5) is 8.26. The van der Waals surface area contributed by atoms with Gasteiger partial charge in [-0.25, -0.2) is 24.6 Å². The van der Waals surface area contributed by atoms with Crippen LogP contribution in [-0.2, 0) is 4.74 Å². The van der Waals surface area contributed by atoms with Crippen molar-refractivity contribution < 1.29 is 13.5 Å². The zero-order chi connectivity index (χ0) is 13.4. The van der Waals surface area contributed by atoms with Gasteiger partial charge in [0.1, 0.15) is 18.2 Å². The fourth-order valence-corrected chi connectivity index (χ4v) is 1.48. The predicted octanol–water partition coefficient (Wildman–Crippen LogP) is 1.18. The van der Waals surface area contributed by atoms with Crippen LogP contribution < -0.4 is 16.6 Å². The maximum absolute atomic E-state index is 11.8. The molecule has 6 nitrogen and oxygen atoms in total. The predicted molar refractivity (Wildman–Crippen MR) is 66.9 cm³/mol. The minimum Gasteiger partial charge on any atom is -0.374 e. The summed E-state index contributed by atoms with van der Waals surface area (Å²) in [5.41, 5.74) is 2.42. The van der Waals surface area contributed by atoms with Crippen LogP contribution in [0.4, 0.5) is 20.4 Å². The summed E-state index contributed by atoms with van der Waals surface area (Å²) in [6, 6.07) is 1.62. The van der Waals surface area contributed by atoms with E-state index in [0.717, 1.165) is 0 Å². The number of halogens is 2. The molecule has 0 fully saturated rings. The molecular weight excluding hydrogens is 264 g/mol. The van der Waals surface area contributed by atoms with Gasteiger partial charge in [0.15, 0.2) is 5.16 Å². The molecule has 1 aromatic heterocycles. The van der Waals surface area contributed by atoms with Crippen molar-refractivity contribution >= 4 is 23.4 Å². The third kappa shape index (κ3) is 5.43. The Morgan fingerprint density at radius 1 is 1.44 bits per heavy atom. The molecular formula is C9H15F2N5OS. The quantitative estimate of drug-likeness (QED) is 0.216. The minimum absolute atomic E-state index is 0.175. The molecule has 0 radical (unpaired) electrons. The number of nitrogens with zero attached hydrogens (tertiary/aromatic N) is 2. The standard InChI is InChI=1S/C9H15F2N5OS/c1-18-9-14-7(4-8(15-9)16-12)13-2-3-17-5-6(10)11/h4,6H,2-3,5,12H2,1H3,(H2,13,14,15,16). The number of nitrogens with one attached hydrogen (secondary N) is 2. The molecule has 0 saturated carbocycles. The number of hydrazine groups is 1. The van der Waals surface area contributed by atoms with Gasteiger partial charge in [-0.05, 0) is 6.26 Å². The number of hydrogen-bond donors (Lipinski definition) is 3. The number of aromatic nitrogens is 2. The van der Waals surface area contributed by atoms with Gasteiger partial charge in [0.2, 0.25) is 0 Å². The van der Waals surface area contributed by atoms with Gasteiger partial charge < -0.3 is 15.5 Å². The lowest BCUT2D eigenvalue weighted by molar-refractivity contribution is 0.0215. The van der Waals surface area contributed by atoms with Crippen molar-refractivity contribution in [3.63, 3.8) is 0 Å². The topological polar surface area (TPSA) is 85.1 Å².